The van der Waals surface area contributed by atoms with Gasteiger partial charge in [0.25, 0.3) is 0 Å². The van der Waals surface area contributed by atoms with E-state index in [-0.39, 0.29) is 11.7 Å². The van der Waals surface area contributed by atoms with Gasteiger partial charge in [0.15, 0.2) is 0 Å². The Kier molecular flexibility index (Phi) is 6.82. The van der Waals surface area contributed by atoms with Crippen LogP contribution in [0.15, 0.2) is 24.3 Å². The van der Waals surface area contributed by atoms with Crippen LogP contribution in [0.2, 0.25) is 0 Å². The topological polar surface area (TPSA) is 32.8 Å². The molecule has 0 saturated carbocycles. The Balaban J connectivity index is 1.40. The van der Waals surface area contributed by atoms with Crippen molar-refractivity contribution in [3.05, 3.63) is 35.6 Å². The van der Waals surface area contributed by atoms with E-state index in [4.69, 9.17) is 4.74 Å². The van der Waals surface area contributed by atoms with Crippen molar-refractivity contribution in [3.8, 4) is 0 Å². The average Bonchev–Trinajstić information content (AvgIpc) is 2.65. The third-order valence-electron chi connectivity index (χ3n) is 5.28. The zero-order valence-electron chi connectivity index (χ0n) is 15.0. The number of rotatable bonds is 6. The Morgan fingerprint density at radius 2 is 1.92 bits per heavy atom. The van der Waals surface area contributed by atoms with E-state index in [0.29, 0.717) is 12.3 Å². The number of nitrogens with zero attached hydrogens (tertiary/aromatic N) is 2. The summed E-state index contributed by atoms with van der Waals surface area (Å²) in [4.78, 5) is 16.9. The fourth-order valence-corrected chi connectivity index (χ4v) is 3.85. The smallest absolute Gasteiger partial charge is 0.222 e. The first-order valence-electron chi connectivity index (χ1n) is 9.53. The molecule has 1 unspecified atom stereocenters. The average molecular weight is 348 g/mol. The van der Waals surface area contributed by atoms with Gasteiger partial charge in [0.05, 0.1) is 13.2 Å². The minimum Gasteiger partial charge on any atom is -0.379 e. The lowest BCUT2D eigenvalue weighted by Gasteiger charge is -2.33. The highest BCUT2D eigenvalue weighted by Crippen LogP contribution is 2.22. The summed E-state index contributed by atoms with van der Waals surface area (Å²) >= 11 is 0. The zero-order chi connectivity index (χ0) is 17.5. The first kappa shape index (κ1) is 18.3. The first-order valence-corrected chi connectivity index (χ1v) is 9.53. The normalized spacial score (nSPS) is 22.1. The van der Waals surface area contributed by atoms with Gasteiger partial charge in [0.1, 0.15) is 5.82 Å². The van der Waals surface area contributed by atoms with Crippen molar-refractivity contribution in [1.29, 1.82) is 0 Å². The molecule has 2 fully saturated rings. The Labute approximate surface area is 149 Å². The Morgan fingerprint density at radius 1 is 1.16 bits per heavy atom. The summed E-state index contributed by atoms with van der Waals surface area (Å²) in [7, 11) is 0. The van der Waals surface area contributed by atoms with E-state index in [9.17, 15) is 9.18 Å². The summed E-state index contributed by atoms with van der Waals surface area (Å²) < 4.78 is 18.4. The van der Waals surface area contributed by atoms with Gasteiger partial charge < -0.3 is 9.64 Å². The van der Waals surface area contributed by atoms with Gasteiger partial charge in [-0.15, -0.1) is 0 Å². The fourth-order valence-electron chi connectivity index (χ4n) is 3.85. The molecule has 2 heterocycles. The molecule has 0 aromatic heterocycles. The highest BCUT2D eigenvalue weighted by Gasteiger charge is 2.23. The van der Waals surface area contributed by atoms with Crippen LogP contribution in [0.25, 0.3) is 0 Å². The minimum atomic E-state index is -0.190. The molecule has 3 rings (SSSR count). The van der Waals surface area contributed by atoms with Crippen LogP contribution in [0.3, 0.4) is 0 Å². The van der Waals surface area contributed by atoms with Crippen LogP contribution in [-0.4, -0.2) is 61.6 Å². The quantitative estimate of drug-likeness (QED) is 0.792. The van der Waals surface area contributed by atoms with Crippen LogP contribution >= 0.6 is 0 Å². The molecule has 138 valence electrons. The number of likely N-dealkylation sites (tertiary alicyclic amines) is 1. The second kappa shape index (κ2) is 9.30. The van der Waals surface area contributed by atoms with E-state index in [0.717, 1.165) is 77.2 Å². The van der Waals surface area contributed by atoms with Gasteiger partial charge in [0.2, 0.25) is 5.91 Å². The van der Waals surface area contributed by atoms with Crippen LogP contribution in [0, 0.1) is 11.7 Å². The molecule has 0 radical (unpaired) electrons. The molecule has 0 spiro atoms. The maximum absolute atomic E-state index is 13.0. The maximum atomic E-state index is 13.0. The summed E-state index contributed by atoms with van der Waals surface area (Å²) in [5, 5.41) is 0. The second-order valence-corrected chi connectivity index (χ2v) is 7.24. The molecular weight excluding hydrogens is 319 g/mol. The van der Waals surface area contributed by atoms with E-state index >= 15 is 0 Å². The number of piperidine rings is 1. The molecule has 2 saturated heterocycles. The summed E-state index contributed by atoms with van der Waals surface area (Å²) in [6, 6.07) is 6.76. The van der Waals surface area contributed by atoms with Gasteiger partial charge in [-0.25, -0.2) is 4.39 Å². The van der Waals surface area contributed by atoms with Crippen molar-refractivity contribution >= 4 is 5.91 Å². The summed E-state index contributed by atoms with van der Waals surface area (Å²) in [5.74, 6) is 0.587. The first-order chi connectivity index (χ1) is 12.2. The monoisotopic (exact) mass is 348 g/mol. The molecule has 0 aliphatic carbocycles. The van der Waals surface area contributed by atoms with E-state index in [1.807, 2.05) is 17.0 Å². The number of morpholine rings is 1. The van der Waals surface area contributed by atoms with Gasteiger partial charge in [-0.2, -0.15) is 0 Å². The third-order valence-corrected chi connectivity index (χ3v) is 5.28. The minimum absolute atomic E-state index is 0.190. The Hall–Kier alpha value is -1.46. The van der Waals surface area contributed by atoms with Gasteiger partial charge in [-0.1, -0.05) is 12.1 Å². The van der Waals surface area contributed by atoms with E-state index < -0.39 is 0 Å². The molecule has 1 amide bonds. The lowest BCUT2D eigenvalue weighted by molar-refractivity contribution is -0.133. The molecule has 2 aliphatic heterocycles. The van der Waals surface area contributed by atoms with Gasteiger partial charge in [0, 0.05) is 32.6 Å². The van der Waals surface area contributed by atoms with Gasteiger partial charge >= 0.3 is 0 Å². The third kappa shape index (κ3) is 5.79. The molecule has 2 aliphatic rings. The highest BCUT2D eigenvalue weighted by molar-refractivity contribution is 5.76. The molecule has 0 N–H and O–H groups in total. The molecular formula is C20H29FN2O2. The van der Waals surface area contributed by atoms with Crippen molar-refractivity contribution in [1.82, 2.24) is 9.80 Å². The van der Waals surface area contributed by atoms with E-state index in [2.05, 4.69) is 4.90 Å². The summed E-state index contributed by atoms with van der Waals surface area (Å²) in [6.07, 6.45) is 4.71. The SMILES string of the molecule is O=C(CCCN1CCOCC1)N1CCCC(Cc2ccc(F)cc2)C1. The van der Waals surface area contributed by atoms with Crippen LogP contribution < -0.4 is 0 Å². The van der Waals surface area contributed by atoms with Crippen molar-refractivity contribution in [3.63, 3.8) is 0 Å². The number of carbonyl (C=O) groups excluding carboxylic acids is 1. The predicted octanol–water partition coefficient (Wildman–Crippen LogP) is 2.72. The van der Waals surface area contributed by atoms with Gasteiger partial charge in [-0.3, -0.25) is 9.69 Å². The van der Waals surface area contributed by atoms with Crippen molar-refractivity contribution in [2.24, 2.45) is 5.92 Å². The van der Waals surface area contributed by atoms with Crippen LogP contribution in [0.5, 0.6) is 0 Å². The predicted molar refractivity (Wildman–Crippen MR) is 95.9 cm³/mol. The number of hydrogen-bond acceptors (Lipinski definition) is 3. The van der Waals surface area contributed by atoms with Gasteiger partial charge in [-0.05, 0) is 55.8 Å². The largest absolute Gasteiger partial charge is 0.379 e. The lowest BCUT2D eigenvalue weighted by atomic mass is 9.91. The van der Waals surface area contributed by atoms with Crippen molar-refractivity contribution in [2.45, 2.75) is 32.1 Å². The number of amides is 1. The highest BCUT2D eigenvalue weighted by atomic mass is 19.1. The van der Waals surface area contributed by atoms with Crippen molar-refractivity contribution < 1.29 is 13.9 Å². The van der Waals surface area contributed by atoms with Crippen molar-refractivity contribution in [2.75, 3.05) is 45.9 Å². The molecule has 1 atom stereocenters. The molecule has 0 bridgehead atoms. The Morgan fingerprint density at radius 3 is 2.68 bits per heavy atom. The molecule has 5 heteroatoms. The molecule has 25 heavy (non-hydrogen) atoms. The number of benzene rings is 1. The maximum Gasteiger partial charge on any atom is 0.222 e. The fraction of sp³-hybridized carbons (Fsp3) is 0.650. The summed E-state index contributed by atoms with van der Waals surface area (Å²) in [6.45, 7) is 6.30. The lowest BCUT2D eigenvalue weighted by Crippen LogP contribution is -2.41. The summed E-state index contributed by atoms with van der Waals surface area (Å²) in [5.41, 5.74) is 1.16. The molecule has 1 aromatic carbocycles. The van der Waals surface area contributed by atoms with E-state index in [1.54, 1.807) is 0 Å². The Bertz CT molecular complexity index is 543. The standard InChI is InChI=1S/C20H29FN2O2/c21-19-7-5-17(6-8-19)15-18-3-1-10-23(16-18)20(24)4-2-9-22-11-13-25-14-12-22/h5-8,18H,1-4,9-16H2. The molecule has 4 nitrogen and oxygen atoms in total. The van der Waals surface area contributed by atoms with Crippen LogP contribution in [-0.2, 0) is 16.0 Å². The molecule has 1 aromatic rings. The van der Waals surface area contributed by atoms with Crippen LogP contribution in [0.1, 0.15) is 31.2 Å². The number of halogens is 1. The zero-order valence-corrected chi connectivity index (χ0v) is 15.0. The number of carbonyl (C=O) groups is 1. The second-order valence-electron chi connectivity index (χ2n) is 7.24. The number of ether oxygens (including phenoxy) is 1. The van der Waals surface area contributed by atoms with Crippen LogP contribution in [0.4, 0.5) is 4.39 Å². The van der Waals surface area contributed by atoms with E-state index in [1.165, 1.54) is 12.1 Å². The number of hydrogen-bond donors (Lipinski definition) is 0.